The van der Waals surface area contributed by atoms with Gasteiger partial charge in [-0.25, -0.2) is 0 Å². The molecule has 1 rings (SSSR count). The fourth-order valence-corrected chi connectivity index (χ4v) is 1.35. The second kappa shape index (κ2) is 4.28. The molecule has 0 spiro atoms. The van der Waals surface area contributed by atoms with Crippen LogP contribution in [0.2, 0.25) is 0 Å². The van der Waals surface area contributed by atoms with Crippen molar-refractivity contribution < 1.29 is 0 Å². The lowest BCUT2D eigenvalue weighted by Crippen LogP contribution is -2.46. The molecular weight excluding hydrogens is 164 g/mol. The summed E-state index contributed by atoms with van der Waals surface area (Å²) in [6.07, 6.45) is 1.71. The first-order valence-corrected chi connectivity index (χ1v) is 4.55. The Hall–Kier alpha value is -1.03. The van der Waals surface area contributed by atoms with E-state index in [0.29, 0.717) is 11.5 Å². The molecule has 0 radical (unpaired) electrons. The number of hydrogen-bond acceptors (Lipinski definition) is 3. The Morgan fingerprint density at radius 2 is 1.85 bits per heavy atom. The zero-order chi connectivity index (χ0) is 9.84. The molecule has 0 aromatic heterocycles. The summed E-state index contributed by atoms with van der Waals surface area (Å²) in [5, 5.41) is 7.73. The lowest BCUT2D eigenvalue weighted by Gasteiger charge is -2.33. The largest absolute Gasteiger partial charge is 0.402 e. The number of piperazine rings is 1. The summed E-state index contributed by atoms with van der Waals surface area (Å²) in [5.41, 5.74) is 6.21. The number of nitrogens with one attached hydrogen (secondary N) is 1. The van der Waals surface area contributed by atoms with Crippen LogP contribution >= 0.6 is 0 Å². The van der Waals surface area contributed by atoms with Gasteiger partial charge < -0.3 is 15.5 Å². The molecule has 0 aliphatic carbocycles. The zero-order valence-corrected chi connectivity index (χ0v) is 8.38. The number of nitrogens with zero attached hydrogens (tertiary/aromatic N) is 2. The smallest absolute Gasteiger partial charge is 0.122 e. The highest BCUT2D eigenvalue weighted by Crippen LogP contribution is 2.01. The van der Waals surface area contributed by atoms with Gasteiger partial charge in [-0.1, -0.05) is 0 Å². The van der Waals surface area contributed by atoms with E-state index in [1.165, 1.54) is 0 Å². The molecule has 4 nitrogen and oxygen atoms in total. The maximum absolute atomic E-state index is 7.73. The van der Waals surface area contributed by atoms with E-state index in [1.807, 2.05) is 6.92 Å². The normalized spacial score (nSPS) is 20.5. The minimum absolute atomic E-state index is 0.535. The first-order chi connectivity index (χ1) is 6.09. The van der Waals surface area contributed by atoms with E-state index in [4.69, 9.17) is 11.1 Å². The third kappa shape index (κ3) is 3.06. The van der Waals surface area contributed by atoms with E-state index in [1.54, 1.807) is 6.08 Å². The molecule has 0 saturated carbocycles. The van der Waals surface area contributed by atoms with Crippen LogP contribution in [0.1, 0.15) is 6.92 Å². The van der Waals surface area contributed by atoms with Gasteiger partial charge in [-0.15, -0.1) is 0 Å². The van der Waals surface area contributed by atoms with Crippen LogP contribution in [0.25, 0.3) is 0 Å². The Bertz CT molecular complexity index is 210. The van der Waals surface area contributed by atoms with Crippen LogP contribution in [0.15, 0.2) is 11.8 Å². The highest BCUT2D eigenvalue weighted by atomic mass is 15.3. The highest BCUT2D eigenvalue weighted by Gasteiger charge is 2.14. The molecule has 4 heteroatoms. The monoisotopic (exact) mass is 182 g/mol. The minimum Gasteiger partial charge on any atom is -0.402 e. The van der Waals surface area contributed by atoms with E-state index < -0.39 is 0 Å². The van der Waals surface area contributed by atoms with Crippen molar-refractivity contribution in [2.45, 2.75) is 6.92 Å². The summed E-state index contributed by atoms with van der Waals surface area (Å²) in [5.74, 6) is 0.535. The molecule has 3 N–H and O–H groups in total. The van der Waals surface area contributed by atoms with Gasteiger partial charge in [0.05, 0.1) is 0 Å². The van der Waals surface area contributed by atoms with Gasteiger partial charge in [0.1, 0.15) is 5.84 Å². The van der Waals surface area contributed by atoms with Gasteiger partial charge in [-0.05, 0) is 20.0 Å². The average Bonchev–Trinajstić information content (AvgIpc) is 2.04. The fraction of sp³-hybridized carbons (Fsp3) is 0.667. The molecule has 0 unspecified atom stereocenters. The van der Waals surface area contributed by atoms with Gasteiger partial charge >= 0.3 is 0 Å². The van der Waals surface area contributed by atoms with E-state index in [-0.39, 0.29) is 0 Å². The summed E-state index contributed by atoms with van der Waals surface area (Å²) < 4.78 is 0. The molecule has 13 heavy (non-hydrogen) atoms. The third-order valence-corrected chi connectivity index (χ3v) is 2.21. The van der Waals surface area contributed by atoms with Crippen molar-refractivity contribution in [2.24, 2.45) is 5.73 Å². The molecule has 1 fully saturated rings. The second-order valence-corrected chi connectivity index (χ2v) is 3.56. The van der Waals surface area contributed by atoms with Crippen molar-refractivity contribution >= 4 is 5.84 Å². The van der Waals surface area contributed by atoms with Gasteiger partial charge in [-0.2, -0.15) is 0 Å². The molecule has 1 saturated heterocycles. The van der Waals surface area contributed by atoms with E-state index in [2.05, 4.69) is 16.8 Å². The lowest BCUT2D eigenvalue weighted by atomic mass is 10.3. The first kappa shape index (κ1) is 10.1. The molecule has 0 atom stereocenters. The summed E-state index contributed by atoms with van der Waals surface area (Å²) in [7, 11) is 2.10. The van der Waals surface area contributed by atoms with Crippen molar-refractivity contribution in [1.82, 2.24) is 9.80 Å². The number of allylic oxidation sites excluding steroid dienone is 1. The third-order valence-electron chi connectivity index (χ3n) is 2.21. The summed E-state index contributed by atoms with van der Waals surface area (Å²) in [6, 6.07) is 0. The number of hydrogen-bond donors (Lipinski definition) is 2. The average molecular weight is 182 g/mol. The SMILES string of the molecule is C/C(N)=C\C(=N)N1CCN(C)CC1. The summed E-state index contributed by atoms with van der Waals surface area (Å²) >= 11 is 0. The van der Waals surface area contributed by atoms with Gasteiger partial charge in [-0.3, -0.25) is 5.41 Å². The molecule has 0 aromatic rings. The van der Waals surface area contributed by atoms with E-state index in [9.17, 15) is 0 Å². The van der Waals surface area contributed by atoms with Crippen LogP contribution < -0.4 is 5.73 Å². The molecule has 0 amide bonds. The number of rotatable bonds is 1. The van der Waals surface area contributed by atoms with Crippen molar-refractivity contribution in [1.29, 1.82) is 5.41 Å². The van der Waals surface area contributed by atoms with Gasteiger partial charge in [0.15, 0.2) is 0 Å². The van der Waals surface area contributed by atoms with E-state index >= 15 is 0 Å². The lowest BCUT2D eigenvalue weighted by molar-refractivity contribution is 0.215. The zero-order valence-electron chi connectivity index (χ0n) is 8.38. The van der Waals surface area contributed by atoms with Crippen LogP contribution in [0.3, 0.4) is 0 Å². The molecule has 1 heterocycles. The Kier molecular flexibility index (Phi) is 3.31. The van der Waals surface area contributed by atoms with Crippen LogP contribution in [-0.4, -0.2) is 48.9 Å². The molecule has 74 valence electrons. The van der Waals surface area contributed by atoms with Crippen molar-refractivity contribution in [2.75, 3.05) is 33.2 Å². The standard InChI is InChI=1S/C9H18N4/c1-8(10)7-9(11)13-5-3-12(2)4-6-13/h7,11H,3-6,10H2,1-2H3/b8-7+,11-9?. The highest BCUT2D eigenvalue weighted by molar-refractivity contribution is 5.90. The predicted molar refractivity (Wildman–Crippen MR) is 54.7 cm³/mol. The van der Waals surface area contributed by atoms with Gasteiger partial charge in [0, 0.05) is 31.9 Å². The van der Waals surface area contributed by atoms with Gasteiger partial charge in [0.2, 0.25) is 0 Å². The molecule has 1 aliphatic rings. The fourth-order valence-electron chi connectivity index (χ4n) is 1.35. The quantitative estimate of drug-likeness (QED) is 0.446. The first-order valence-electron chi connectivity index (χ1n) is 4.55. The number of nitrogens with two attached hydrogens (primary N) is 1. The summed E-state index contributed by atoms with van der Waals surface area (Å²) in [4.78, 5) is 4.32. The van der Waals surface area contributed by atoms with Crippen molar-refractivity contribution in [3.63, 3.8) is 0 Å². The number of amidine groups is 1. The Morgan fingerprint density at radius 1 is 1.31 bits per heavy atom. The maximum atomic E-state index is 7.73. The summed E-state index contributed by atoms with van der Waals surface area (Å²) in [6.45, 7) is 5.72. The molecule has 0 bridgehead atoms. The number of likely N-dealkylation sites (N-methyl/N-ethyl adjacent to an activating group) is 1. The molecular formula is C9H18N4. The van der Waals surface area contributed by atoms with E-state index in [0.717, 1.165) is 26.2 Å². The van der Waals surface area contributed by atoms with Crippen molar-refractivity contribution in [3.05, 3.63) is 11.8 Å². The van der Waals surface area contributed by atoms with Crippen LogP contribution in [-0.2, 0) is 0 Å². The molecule has 1 aliphatic heterocycles. The Morgan fingerprint density at radius 3 is 2.31 bits per heavy atom. The van der Waals surface area contributed by atoms with Crippen LogP contribution in [0, 0.1) is 5.41 Å². The van der Waals surface area contributed by atoms with Crippen LogP contribution in [0.5, 0.6) is 0 Å². The van der Waals surface area contributed by atoms with Crippen molar-refractivity contribution in [3.8, 4) is 0 Å². The molecule has 0 aromatic carbocycles. The Balaban J connectivity index is 2.45. The maximum Gasteiger partial charge on any atom is 0.122 e. The topological polar surface area (TPSA) is 56.4 Å². The Labute approximate surface area is 79.5 Å². The van der Waals surface area contributed by atoms with Gasteiger partial charge in [0.25, 0.3) is 0 Å². The minimum atomic E-state index is 0.535. The predicted octanol–water partition coefficient (Wildman–Crippen LogP) is 0.0736. The second-order valence-electron chi connectivity index (χ2n) is 3.56. The van der Waals surface area contributed by atoms with Crippen LogP contribution in [0.4, 0.5) is 0 Å².